The van der Waals surface area contributed by atoms with E-state index >= 15 is 0 Å². The second-order valence-electron chi connectivity index (χ2n) is 2.56. The Morgan fingerprint density at radius 2 is 2.09 bits per heavy atom. The van der Waals surface area contributed by atoms with Gasteiger partial charge in [-0.1, -0.05) is 6.58 Å². The first-order valence-electron chi connectivity index (χ1n) is 3.47. The summed E-state index contributed by atoms with van der Waals surface area (Å²) < 4.78 is 1.52. The lowest BCUT2D eigenvalue weighted by Gasteiger charge is -2.03. The third-order valence-corrected chi connectivity index (χ3v) is 1.59. The normalized spacial score (nSPS) is 9.64. The van der Waals surface area contributed by atoms with Gasteiger partial charge in [0, 0.05) is 18.0 Å². The second-order valence-corrected chi connectivity index (χ2v) is 2.56. The van der Waals surface area contributed by atoms with Gasteiger partial charge in [0.15, 0.2) is 0 Å². The van der Waals surface area contributed by atoms with Gasteiger partial charge >= 0.3 is 0 Å². The highest BCUT2D eigenvalue weighted by Crippen LogP contribution is 1.98. The van der Waals surface area contributed by atoms with E-state index in [-0.39, 0.29) is 5.56 Å². The maximum absolute atomic E-state index is 11.2. The van der Waals surface area contributed by atoms with E-state index in [1.165, 1.54) is 10.8 Å². The van der Waals surface area contributed by atoms with Crippen molar-refractivity contribution in [3.05, 3.63) is 40.3 Å². The van der Waals surface area contributed by atoms with Gasteiger partial charge in [-0.15, -0.1) is 0 Å². The highest BCUT2D eigenvalue weighted by atomic mass is 16.1. The van der Waals surface area contributed by atoms with Crippen molar-refractivity contribution in [3.63, 3.8) is 0 Å². The molecule has 0 saturated carbocycles. The fourth-order valence-electron chi connectivity index (χ4n) is 1.11. The van der Waals surface area contributed by atoms with Gasteiger partial charge in [0.25, 0.3) is 5.56 Å². The van der Waals surface area contributed by atoms with Crippen molar-refractivity contribution in [2.45, 2.75) is 13.8 Å². The maximum atomic E-state index is 11.2. The molecule has 2 heteroatoms. The van der Waals surface area contributed by atoms with Crippen LogP contribution < -0.4 is 5.56 Å². The molecule has 0 aromatic carbocycles. The molecular formula is C9H11NO. The topological polar surface area (TPSA) is 22.0 Å². The van der Waals surface area contributed by atoms with Crippen LogP contribution in [0.1, 0.15) is 11.3 Å². The molecule has 0 atom stereocenters. The van der Waals surface area contributed by atoms with E-state index in [4.69, 9.17) is 0 Å². The smallest absolute Gasteiger partial charge is 0.255 e. The van der Waals surface area contributed by atoms with Crippen LogP contribution in [-0.4, -0.2) is 4.57 Å². The molecule has 0 saturated heterocycles. The maximum Gasteiger partial charge on any atom is 0.255 e. The van der Waals surface area contributed by atoms with Gasteiger partial charge in [-0.3, -0.25) is 9.36 Å². The molecule has 0 fully saturated rings. The summed E-state index contributed by atoms with van der Waals surface area (Å²) in [4.78, 5) is 11.2. The first-order chi connectivity index (χ1) is 5.15. The number of aromatic nitrogens is 1. The second kappa shape index (κ2) is 2.74. The number of nitrogens with zero attached hydrogens (tertiary/aromatic N) is 1. The molecule has 1 aromatic heterocycles. The fourth-order valence-corrected chi connectivity index (χ4v) is 1.11. The summed E-state index contributed by atoms with van der Waals surface area (Å²) in [7, 11) is 0. The van der Waals surface area contributed by atoms with Crippen LogP contribution in [0.2, 0.25) is 0 Å². The lowest BCUT2D eigenvalue weighted by Crippen LogP contribution is -2.16. The zero-order valence-corrected chi connectivity index (χ0v) is 6.79. The molecule has 0 aliphatic carbocycles. The molecule has 0 aliphatic rings. The monoisotopic (exact) mass is 149 g/mol. The third-order valence-electron chi connectivity index (χ3n) is 1.59. The zero-order chi connectivity index (χ0) is 8.43. The van der Waals surface area contributed by atoms with Crippen LogP contribution in [0.15, 0.2) is 23.5 Å². The Bertz CT molecular complexity index is 336. The van der Waals surface area contributed by atoms with Crippen LogP contribution in [0.5, 0.6) is 0 Å². The van der Waals surface area contributed by atoms with Crippen LogP contribution in [0.3, 0.4) is 0 Å². The van der Waals surface area contributed by atoms with Gasteiger partial charge in [0.2, 0.25) is 0 Å². The van der Waals surface area contributed by atoms with Crippen molar-refractivity contribution in [2.75, 3.05) is 0 Å². The number of hydrogen-bond donors (Lipinski definition) is 0. The summed E-state index contributed by atoms with van der Waals surface area (Å²) in [6, 6.07) is 3.54. The van der Waals surface area contributed by atoms with Crippen LogP contribution in [0, 0.1) is 13.8 Å². The molecular weight excluding hydrogens is 138 g/mol. The predicted molar refractivity (Wildman–Crippen MR) is 46.6 cm³/mol. The highest BCUT2D eigenvalue weighted by molar-refractivity contribution is 5.26. The molecule has 0 unspecified atom stereocenters. The van der Waals surface area contributed by atoms with Crippen LogP contribution in [0.4, 0.5) is 0 Å². The minimum atomic E-state index is -0.0162. The minimum Gasteiger partial charge on any atom is -0.289 e. The molecule has 2 nitrogen and oxygen atoms in total. The molecule has 0 bridgehead atoms. The Hall–Kier alpha value is -1.31. The summed E-state index contributed by atoms with van der Waals surface area (Å²) >= 11 is 0. The van der Waals surface area contributed by atoms with Crippen LogP contribution in [0.25, 0.3) is 6.20 Å². The number of aryl methyl sites for hydroxylation is 2. The predicted octanol–water partition coefficient (Wildman–Crippen LogP) is 1.57. The number of hydrogen-bond acceptors (Lipinski definition) is 1. The molecule has 0 amide bonds. The van der Waals surface area contributed by atoms with Crippen molar-refractivity contribution < 1.29 is 0 Å². The summed E-state index contributed by atoms with van der Waals surface area (Å²) in [5.74, 6) is 0. The molecule has 1 aromatic rings. The Morgan fingerprint density at radius 3 is 2.55 bits per heavy atom. The Morgan fingerprint density at radius 1 is 1.45 bits per heavy atom. The summed E-state index contributed by atoms with van der Waals surface area (Å²) in [5, 5.41) is 0. The molecule has 1 rings (SSSR count). The van der Waals surface area contributed by atoms with E-state index in [0.717, 1.165) is 11.3 Å². The number of rotatable bonds is 1. The molecule has 1 heterocycles. The Balaban J connectivity index is 3.49. The molecule has 0 aliphatic heterocycles. The van der Waals surface area contributed by atoms with Gasteiger partial charge in [-0.2, -0.15) is 0 Å². The van der Waals surface area contributed by atoms with Gasteiger partial charge in [0.1, 0.15) is 0 Å². The number of pyridine rings is 1. The van der Waals surface area contributed by atoms with Gasteiger partial charge in [-0.25, -0.2) is 0 Å². The molecule has 11 heavy (non-hydrogen) atoms. The van der Waals surface area contributed by atoms with Crippen LogP contribution in [-0.2, 0) is 0 Å². The first kappa shape index (κ1) is 7.79. The molecule has 58 valence electrons. The van der Waals surface area contributed by atoms with E-state index in [0.29, 0.717) is 0 Å². The van der Waals surface area contributed by atoms with Crippen molar-refractivity contribution in [1.82, 2.24) is 4.57 Å². The molecule has 0 N–H and O–H groups in total. The molecule has 0 radical (unpaired) electrons. The largest absolute Gasteiger partial charge is 0.289 e. The van der Waals surface area contributed by atoms with Crippen molar-refractivity contribution >= 4 is 6.20 Å². The molecule has 0 spiro atoms. The Kier molecular flexibility index (Phi) is 1.94. The first-order valence-corrected chi connectivity index (χ1v) is 3.47. The minimum absolute atomic E-state index is 0.0162. The van der Waals surface area contributed by atoms with E-state index in [9.17, 15) is 4.79 Å². The fraction of sp³-hybridized carbons (Fsp3) is 0.222. The van der Waals surface area contributed by atoms with Gasteiger partial charge in [0.05, 0.1) is 0 Å². The Labute approximate surface area is 65.8 Å². The third kappa shape index (κ3) is 1.40. The van der Waals surface area contributed by atoms with E-state index < -0.39 is 0 Å². The standard InChI is InChI=1S/C9H11NO/c1-4-10-8(3)5-7(2)6-9(10)11/h4-6H,1H2,2-3H3. The average molecular weight is 149 g/mol. The highest BCUT2D eigenvalue weighted by Gasteiger charge is 1.95. The summed E-state index contributed by atoms with van der Waals surface area (Å²) in [5.41, 5.74) is 1.90. The van der Waals surface area contributed by atoms with E-state index in [2.05, 4.69) is 6.58 Å². The SMILES string of the molecule is C=Cn1c(C)cc(C)cc1=O. The van der Waals surface area contributed by atoms with Crippen molar-refractivity contribution in [3.8, 4) is 0 Å². The van der Waals surface area contributed by atoms with Crippen molar-refractivity contribution in [2.24, 2.45) is 0 Å². The summed E-state index contributed by atoms with van der Waals surface area (Å²) in [6.45, 7) is 7.33. The van der Waals surface area contributed by atoms with E-state index in [1.807, 2.05) is 19.9 Å². The lowest BCUT2D eigenvalue weighted by molar-refractivity contribution is 0.983. The van der Waals surface area contributed by atoms with Gasteiger partial charge < -0.3 is 0 Å². The zero-order valence-electron chi connectivity index (χ0n) is 6.79. The lowest BCUT2D eigenvalue weighted by atomic mass is 10.2. The van der Waals surface area contributed by atoms with Gasteiger partial charge in [-0.05, 0) is 25.5 Å². The van der Waals surface area contributed by atoms with E-state index in [1.54, 1.807) is 6.07 Å². The van der Waals surface area contributed by atoms with Crippen molar-refractivity contribution in [1.29, 1.82) is 0 Å². The summed E-state index contributed by atoms with van der Waals surface area (Å²) in [6.07, 6.45) is 1.52. The average Bonchev–Trinajstić information content (AvgIpc) is 1.85. The van der Waals surface area contributed by atoms with Crippen LogP contribution >= 0.6 is 0 Å². The quantitative estimate of drug-likeness (QED) is 0.594.